The number of benzene rings is 2. The van der Waals surface area contributed by atoms with Crippen molar-refractivity contribution in [3.05, 3.63) is 69.8 Å². The molecular weight excluding hydrogens is 300 g/mol. The number of fused-ring (bicyclic) bond motifs is 1. The first-order valence-corrected chi connectivity index (χ1v) is 8.57. The molecule has 0 heterocycles. The summed E-state index contributed by atoms with van der Waals surface area (Å²) < 4.78 is 12.9. The van der Waals surface area contributed by atoms with Crippen LogP contribution in [0, 0.1) is 13.8 Å². The van der Waals surface area contributed by atoms with Crippen LogP contribution in [0.1, 0.15) is 28.7 Å². The average Bonchev–Trinajstić information content (AvgIpc) is 2.48. The number of halogens is 1. The molecule has 0 saturated carbocycles. The van der Waals surface area contributed by atoms with Gasteiger partial charge in [-0.3, -0.25) is 0 Å². The summed E-state index contributed by atoms with van der Waals surface area (Å²) in [5.41, 5.74) is 4.66. The van der Waals surface area contributed by atoms with E-state index in [2.05, 4.69) is 31.2 Å². The van der Waals surface area contributed by atoms with Gasteiger partial charge in [-0.05, 0) is 56.0 Å². The molecule has 0 bridgehead atoms. The molecule has 0 aliphatic heterocycles. The van der Waals surface area contributed by atoms with Gasteiger partial charge in [0.1, 0.15) is 0 Å². The molecule has 0 radical (unpaired) electrons. The summed E-state index contributed by atoms with van der Waals surface area (Å²) in [4.78, 5) is 1.68. The lowest BCUT2D eigenvalue weighted by Gasteiger charge is -2.20. The lowest BCUT2D eigenvalue weighted by Crippen LogP contribution is -2.10. The number of hydrogen-bond donors (Lipinski definition) is 0. The Kier molecular flexibility index (Phi) is 4.12. The second-order valence-electron chi connectivity index (χ2n) is 5.45. The van der Waals surface area contributed by atoms with Gasteiger partial charge in [0.05, 0.1) is 0 Å². The van der Waals surface area contributed by atoms with Crippen LogP contribution in [0.3, 0.4) is 0 Å². The molecule has 1 unspecified atom stereocenters. The van der Waals surface area contributed by atoms with E-state index in [1.54, 1.807) is 0 Å². The average molecular weight is 317 g/mol. The van der Waals surface area contributed by atoms with E-state index >= 15 is 0 Å². The van der Waals surface area contributed by atoms with Crippen molar-refractivity contribution in [2.45, 2.75) is 31.6 Å². The first-order chi connectivity index (χ1) is 10.1. The minimum Gasteiger partial charge on any atom is -0.606 e. The Morgan fingerprint density at radius 1 is 1.10 bits per heavy atom. The molecule has 0 spiro atoms. The topological polar surface area (TPSA) is 23.1 Å². The highest BCUT2D eigenvalue weighted by atomic mass is 35.5. The van der Waals surface area contributed by atoms with Crippen molar-refractivity contribution in [1.29, 1.82) is 0 Å². The van der Waals surface area contributed by atoms with Crippen LogP contribution in [0.2, 0.25) is 5.02 Å². The second kappa shape index (κ2) is 5.88. The summed E-state index contributed by atoms with van der Waals surface area (Å²) in [7, 11) is 0. The van der Waals surface area contributed by atoms with Gasteiger partial charge in [-0.2, -0.15) is 0 Å². The van der Waals surface area contributed by atoms with Crippen molar-refractivity contribution >= 4 is 27.7 Å². The van der Waals surface area contributed by atoms with Gasteiger partial charge in [0.15, 0.2) is 9.80 Å². The Bertz CT molecular complexity index is 721. The predicted molar refractivity (Wildman–Crippen MR) is 90.1 cm³/mol. The summed E-state index contributed by atoms with van der Waals surface area (Å²) in [6, 6.07) is 12.0. The van der Waals surface area contributed by atoms with Crippen LogP contribution in [0.15, 0.2) is 47.4 Å². The lowest BCUT2D eigenvalue weighted by molar-refractivity contribution is 0.604. The Hall–Kier alpha value is -1.22. The molecule has 2 aromatic carbocycles. The maximum absolute atomic E-state index is 12.9. The third kappa shape index (κ3) is 2.89. The van der Waals surface area contributed by atoms with E-state index in [1.807, 2.05) is 25.1 Å². The van der Waals surface area contributed by atoms with Crippen molar-refractivity contribution in [3.63, 3.8) is 0 Å². The molecule has 0 N–H and O–H groups in total. The largest absolute Gasteiger partial charge is 0.606 e. The maximum atomic E-state index is 12.9. The first-order valence-electron chi connectivity index (χ1n) is 7.04. The van der Waals surface area contributed by atoms with E-state index < -0.39 is 11.2 Å². The molecule has 3 rings (SSSR count). The van der Waals surface area contributed by atoms with Gasteiger partial charge >= 0.3 is 0 Å². The predicted octanol–water partition coefficient (Wildman–Crippen LogP) is 5.05. The number of allylic oxidation sites excluding steroid dienone is 1. The maximum Gasteiger partial charge on any atom is 0.161 e. The van der Waals surface area contributed by atoms with E-state index in [1.165, 1.54) is 11.1 Å². The minimum absolute atomic E-state index is 0.668. The van der Waals surface area contributed by atoms with Gasteiger partial charge < -0.3 is 4.55 Å². The molecule has 108 valence electrons. The molecule has 21 heavy (non-hydrogen) atoms. The molecule has 0 fully saturated rings. The Morgan fingerprint density at radius 3 is 2.67 bits per heavy atom. The van der Waals surface area contributed by atoms with E-state index in [0.717, 1.165) is 33.8 Å². The first kappa shape index (κ1) is 14.7. The van der Waals surface area contributed by atoms with E-state index in [-0.39, 0.29) is 0 Å². The Labute approximate surface area is 133 Å². The lowest BCUT2D eigenvalue weighted by atomic mass is 9.95. The Balaban J connectivity index is 2.00. The highest BCUT2D eigenvalue weighted by Gasteiger charge is 2.25. The van der Waals surface area contributed by atoms with Crippen LogP contribution in [0.25, 0.3) is 4.91 Å². The third-order valence-corrected chi connectivity index (χ3v) is 5.70. The van der Waals surface area contributed by atoms with Crippen molar-refractivity contribution in [1.82, 2.24) is 0 Å². The molecule has 1 aliphatic rings. The highest BCUT2D eigenvalue weighted by Crippen LogP contribution is 2.35. The van der Waals surface area contributed by atoms with Gasteiger partial charge in [0.2, 0.25) is 0 Å². The number of rotatable bonds is 2. The van der Waals surface area contributed by atoms with Gasteiger partial charge in [-0.15, -0.1) is 0 Å². The zero-order chi connectivity index (χ0) is 15.0. The Morgan fingerprint density at radius 2 is 1.90 bits per heavy atom. The van der Waals surface area contributed by atoms with Crippen molar-refractivity contribution in [2.24, 2.45) is 0 Å². The van der Waals surface area contributed by atoms with Gasteiger partial charge in [0, 0.05) is 27.8 Å². The summed E-state index contributed by atoms with van der Waals surface area (Å²) in [6.45, 7) is 4.04. The van der Waals surface area contributed by atoms with Crippen LogP contribution < -0.4 is 0 Å². The molecule has 3 heteroatoms. The normalized spacial score (nSPS) is 15.3. The zero-order valence-electron chi connectivity index (χ0n) is 12.2. The molecule has 1 atom stereocenters. The summed E-state index contributed by atoms with van der Waals surface area (Å²) >= 11 is 4.98. The summed E-state index contributed by atoms with van der Waals surface area (Å²) in [5, 5.41) is 0.668. The van der Waals surface area contributed by atoms with E-state index in [4.69, 9.17) is 11.6 Å². The van der Waals surface area contributed by atoms with Crippen LogP contribution in [-0.2, 0) is 17.6 Å². The smallest absolute Gasteiger partial charge is 0.161 e. The minimum atomic E-state index is -1.18. The van der Waals surface area contributed by atoms with E-state index in [0.29, 0.717) is 5.02 Å². The fourth-order valence-corrected chi connectivity index (χ4v) is 4.21. The van der Waals surface area contributed by atoms with Crippen molar-refractivity contribution < 1.29 is 4.55 Å². The molecular formula is C18H17ClOS. The fraction of sp³-hybridized carbons (Fsp3) is 0.222. The molecule has 1 aliphatic carbocycles. The van der Waals surface area contributed by atoms with Gasteiger partial charge in [0.25, 0.3) is 0 Å². The molecule has 0 aromatic heterocycles. The second-order valence-corrected chi connectivity index (χ2v) is 7.30. The zero-order valence-corrected chi connectivity index (χ0v) is 13.7. The van der Waals surface area contributed by atoms with Crippen molar-refractivity contribution in [2.75, 3.05) is 0 Å². The van der Waals surface area contributed by atoms with Crippen LogP contribution in [-0.4, -0.2) is 4.55 Å². The SMILES string of the molecule is Cc1ccc2c(c1)CCC=C2[S+]([O-])c1ccc(C)c(Cl)c1. The third-order valence-electron chi connectivity index (χ3n) is 3.83. The van der Waals surface area contributed by atoms with E-state index in [9.17, 15) is 4.55 Å². The summed E-state index contributed by atoms with van der Waals surface area (Å²) in [5.74, 6) is 0. The molecule has 2 aromatic rings. The molecule has 0 amide bonds. The van der Waals surface area contributed by atoms with Crippen LogP contribution in [0.5, 0.6) is 0 Å². The van der Waals surface area contributed by atoms with Crippen LogP contribution >= 0.6 is 11.6 Å². The standard InChI is InChI=1S/C18H17ClOS/c1-12-6-9-16-14(10-12)4-3-5-18(16)21(20)15-8-7-13(2)17(19)11-15/h5-11H,3-4H2,1-2H3. The fourth-order valence-electron chi connectivity index (χ4n) is 2.63. The monoisotopic (exact) mass is 316 g/mol. The number of hydrogen-bond acceptors (Lipinski definition) is 1. The van der Waals surface area contributed by atoms with Gasteiger partial charge in [-0.25, -0.2) is 0 Å². The number of aryl methyl sites for hydroxylation is 3. The summed E-state index contributed by atoms with van der Waals surface area (Å²) in [6.07, 6.45) is 4.06. The quantitative estimate of drug-likeness (QED) is 0.711. The molecule has 0 saturated heterocycles. The van der Waals surface area contributed by atoms with Crippen LogP contribution in [0.4, 0.5) is 0 Å². The van der Waals surface area contributed by atoms with Crippen molar-refractivity contribution in [3.8, 4) is 0 Å². The van der Waals surface area contributed by atoms with Gasteiger partial charge in [-0.1, -0.05) is 35.4 Å². The highest BCUT2D eigenvalue weighted by molar-refractivity contribution is 8.00. The molecule has 1 nitrogen and oxygen atoms in total.